The van der Waals surface area contributed by atoms with E-state index in [1.807, 2.05) is 91.0 Å². The van der Waals surface area contributed by atoms with Crippen LogP contribution in [-0.2, 0) is 19.4 Å². The number of nitriles is 1. The lowest BCUT2D eigenvalue weighted by Crippen LogP contribution is -2.34. The summed E-state index contributed by atoms with van der Waals surface area (Å²) in [5.74, 6) is 0.807. The quantitative estimate of drug-likeness (QED) is 0.0274. The molecule has 64 heavy (non-hydrogen) atoms. The Morgan fingerprint density at radius 1 is 0.641 bits per heavy atom. The van der Waals surface area contributed by atoms with Gasteiger partial charge >= 0.3 is 0 Å². The smallest absolute Gasteiger partial charge is 0.269 e. The van der Waals surface area contributed by atoms with Crippen LogP contribution in [0.3, 0.4) is 0 Å². The van der Waals surface area contributed by atoms with E-state index in [0.717, 1.165) is 39.0 Å². The predicted molar refractivity (Wildman–Crippen MR) is 250 cm³/mol. The van der Waals surface area contributed by atoms with Gasteiger partial charge in [0.05, 0.1) is 57.6 Å². The van der Waals surface area contributed by atoms with Gasteiger partial charge in [0.2, 0.25) is 0 Å². The molecule has 0 spiro atoms. The highest BCUT2D eigenvalue weighted by atomic mass is 31.2. The maximum absolute atomic E-state index is 13.6. The van der Waals surface area contributed by atoms with Gasteiger partial charge in [0, 0.05) is 35.9 Å². The highest BCUT2D eigenvalue weighted by molar-refractivity contribution is 7.44. The Kier molecular flexibility index (Phi) is 17.1. The summed E-state index contributed by atoms with van der Waals surface area (Å²) in [6, 6.07) is 39.2. The zero-order chi connectivity index (χ0) is 45.5. The third-order valence-corrected chi connectivity index (χ3v) is 12.7. The number of carbonyl (C=O) groups excluding carboxylic acids is 2. The molecule has 1 unspecified atom stereocenters. The van der Waals surface area contributed by atoms with E-state index < -0.39 is 14.1 Å². The highest BCUT2D eigenvalue weighted by Crippen LogP contribution is 2.46. The molecular formula is C50H57N6O7P. The fourth-order valence-corrected chi connectivity index (χ4v) is 9.13. The molecule has 0 fully saturated rings. The molecule has 0 saturated carbocycles. The zero-order valence-electron chi connectivity index (χ0n) is 37.4. The van der Waals surface area contributed by atoms with E-state index in [1.54, 1.807) is 26.4 Å². The van der Waals surface area contributed by atoms with Crippen molar-refractivity contribution >= 4 is 42.1 Å². The topological polar surface area (TPSA) is 157 Å². The van der Waals surface area contributed by atoms with Crippen molar-refractivity contribution in [2.75, 3.05) is 47.1 Å². The number of hydrogen-bond donors (Lipinski definition) is 2. The number of methoxy groups -OCH3 is 2. The zero-order valence-corrected chi connectivity index (χ0v) is 38.3. The molecule has 0 aliphatic heterocycles. The molecule has 0 bridgehead atoms. The number of amides is 2. The van der Waals surface area contributed by atoms with E-state index in [9.17, 15) is 9.59 Å². The van der Waals surface area contributed by atoms with Gasteiger partial charge in [-0.15, -0.1) is 0 Å². The van der Waals surface area contributed by atoms with E-state index in [1.165, 1.54) is 0 Å². The molecule has 0 aliphatic carbocycles. The number of nitrogens with zero attached hydrogens (tertiary/aromatic N) is 4. The lowest BCUT2D eigenvalue weighted by Gasteiger charge is -2.36. The number of hydrogen-bond acceptors (Lipinski definition) is 11. The summed E-state index contributed by atoms with van der Waals surface area (Å²) in [6.45, 7) is 10.0. The SMILES string of the molecule is COc1ccc(C(OCCCNC(=O)c2ccc3ccc4ccc(C(=O)NCCCOP(OCCC#N)N(C(C)C)C(C)C)nc4c3n2)(c2ccccc2)c2ccc(OC)cc2)cc1. The van der Waals surface area contributed by atoms with Crippen molar-refractivity contribution in [2.45, 2.75) is 64.6 Å². The summed E-state index contributed by atoms with van der Waals surface area (Å²) < 4.78 is 32.2. The summed E-state index contributed by atoms with van der Waals surface area (Å²) in [4.78, 5) is 36.4. The minimum atomic E-state index is -1.36. The third-order valence-electron chi connectivity index (χ3n) is 10.6. The van der Waals surface area contributed by atoms with Gasteiger partial charge in [0.15, 0.2) is 0 Å². The van der Waals surface area contributed by atoms with Gasteiger partial charge in [-0.1, -0.05) is 78.9 Å². The Balaban J connectivity index is 1.10. The number of aromatic nitrogens is 2. The van der Waals surface area contributed by atoms with Gasteiger partial charge in [0.1, 0.15) is 28.5 Å². The Labute approximate surface area is 377 Å². The Morgan fingerprint density at radius 3 is 1.56 bits per heavy atom. The monoisotopic (exact) mass is 884 g/mol. The second kappa shape index (κ2) is 23.1. The van der Waals surface area contributed by atoms with Crippen molar-refractivity contribution in [1.82, 2.24) is 25.3 Å². The average Bonchev–Trinajstić information content (AvgIpc) is 3.32. The summed E-state index contributed by atoms with van der Waals surface area (Å²) in [5, 5.41) is 16.5. The van der Waals surface area contributed by atoms with Crippen molar-refractivity contribution in [1.29, 1.82) is 5.26 Å². The summed E-state index contributed by atoms with van der Waals surface area (Å²) in [6.07, 6.45) is 1.35. The van der Waals surface area contributed by atoms with Gasteiger partial charge < -0.3 is 33.9 Å². The lowest BCUT2D eigenvalue weighted by molar-refractivity contribution is 0.0117. The van der Waals surface area contributed by atoms with E-state index in [-0.39, 0.29) is 41.7 Å². The van der Waals surface area contributed by atoms with Crippen LogP contribution in [0.4, 0.5) is 0 Å². The van der Waals surface area contributed by atoms with Crippen LogP contribution in [0.2, 0.25) is 0 Å². The fourth-order valence-electron chi connectivity index (χ4n) is 7.51. The first kappa shape index (κ1) is 47.5. The molecule has 1 atom stereocenters. The molecular weight excluding hydrogens is 828 g/mol. The maximum atomic E-state index is 13.6. The molecule has 6 rings (SSSR count). The van der Waals surface area contributed by atoms with Crippen LogP contribution < -0.4 is 20.1 Å². The van der Waals surface area contributed by atoms with Gasteiger partial charge in [-0.2, -0.15) is 5.26 Å². The van der Waals surface area contributed by atoms with Crippen molar-refractivity contribution in [3.05, 3.63) is 143 Å². The molecule has 14 heteroatoms. The van der Waals surface area contributed by atoms with E-state index >= 15 is 0 Å². The molecule has 0 radical (unpaired) electrons. The van der Waals surface area contributed by atoms with Crippen LogP contribution in [0.1, 0.15) is 84.6 Å². The Hall–Kier alpha value is -6.00. The first-order chi connectivity index (χ1) is 31.1. The molecule has 2 aromatic heterocycles. The van der Waals surface area contributed by atoms with Crippen molar-refractivity contribution in [3.8, 4) is 17.6 Å². The molecule has 4 aromatic carbocycles. The van der Waals surface area contributed by atoms with Crippen LogP contribution in [0.15, 0.2) is 115 Å². The third kappa shape index (κ3) is 11.6. The maximum Gasteiger partial charge on any atom is 0.269 e. The summed E-state index contributed by atoms with van der Waals surface area (Å²) in [7, 11) is 1.92. The van der Waals surface area contributed by atoms with E-state index in [0.29, 0.717) is 56.8 Å². The molecule has 0 saturated heterocycles. The van der Waals surface area contributed by atoms with Gasteiger partial charge in [-0.05, 0) is 93.6 Å². The van der Waals surface area contributed by atoms with Crippen molar-refractivity contribution in [2.24, 2.45) is 0 Å². The van der Waals surface area contributed by atoms with E-state index in [2.05, 4.69) is 61.2 Å². The van der Waals surface area contributed by atoms with Crippen LogP contribution in [0.25, 0.3) is 21.8 Å². The summed E-state index contributed by atoms with van der Waals surface area (Å²) >= 11 is 0. The number of nitrogens with one attached hydrogen (secondary N) is 2. The van der Waals surface area contributed by atoms with E-state index in [4.69, 9.17) is 38.5 Å². The normalized spacial score (nSPS) is 12.1. The molecule has 2 N–H and O–H groups in total. The second-order valence-electron chi connectivity index (χ2n) is 15.6. The van der Waals surface area contributed by atoms with Gasteiger partial charge in [0.25, 0.3) is 20.3 Å². The summed E-state index contributed by atoms with van der Waals surface area (Å²) in [5.41, 5.74) is 3.34. The Bertz CT molecular complexity index is 2440. The number of carbonyl (C=O) groups is 2. The van der Waals surface area contributed by atoms with Crippen molar-refractivity contribution in [3.63, 3.8) is 0 Å². The highest BCUT2D eigenvalue weighted by Gasteiger charge is 2.38. The largest absolute Gasteiger partial charge is 0.497 e. The van der Waals surface area contributed by atoms with Crippen molar-refractivity contribution < 1.29 is 32.8 Å². The standard InChI is InChI=1S/C50H57N6O7P/c1-35(2)56(36(3)4)64(62-33-10-29-51)63-34-12-31-53-49(58)45-28-18-38-16-15-37-17-27-44(54-46(37)47(38)55-45)48(57)52-30-11-32-61-50(39-13-8-7-9-14-39,40-19-23-42(59-5)24-20-40)41-21-25-43(60-6)26-22-41/h7-9,13-28,35-36H,10-12,30-34H2,1-6H3,(H,52,57)(H,53,58). The molecule has 2 amide bonds. The second-order valence-corrected chi connectivity index (χ2v) is 17.0. The number of benzene rings is 4. The number of ether oxygens (including phenoxy) is 3. The first-order valence-electron chi connectivity index (χ1n) is 21.6. The molecule has 6 aromatic rings. The van der Waals surface area contributed by atoms with Gasteiger partial charge in [-0.25, -0.2) is 14.6 Å². The predicted octanol–water partition coefficient (Wildman–Crippen LogP) is 9.34. The van der Waals surface area contributed by atoms with Crippen LogP contribution in [0, 0.1) is 11.3 Å². The lowest BCUT2D eigenvalue weighted by atomic mass is 9.80. The minimum Gasteiger partial charge on any atom is -0.497 e. The minimum absolute atomic E-state index is 0.193. The fraction of sp³-hybridized carbons (Fsp3) is 0.340. The van der Waals surface area contributed by atoms with Gasteiger partial charge in [-0.3, -0.25) is 9.59 Å². The molecule has 334 valence electrons. The first-order valence-corrected chi connectivity index (χ1v) is 22.7. The number of fused-ring (bicyclic) bond motifs is 3. The van der Waals surface area contributed by atoms with Crippen LogP contribution in [0.5, 0.6) is 11.5 Å². The van der Waals surface area contributed by atoms with Crippen LogP contribution >= 0.6 is 8.53 Å². The number of pyridine rings is 2. The molecule has 2 heterocycles. The average molecular weight is 885 g/mol. The Morgan fingerprint density at radius 2 is 1.09 bits per heavy atom. The van der Waals surface area contributed by atoms with Crippen LogP contribution in [-0.4, -0.2) is 85.7 Å². The molecule has 0 aliphatic rings. The number of rotatable bonds is 23. The molecule has 13 nitrogen and oxygen atoms in total.